The van der Waals surface area contributed by atoms with E-state index >= 15 is 0 Å². The molecule has 0 aliphatic rings. The molecule has 0 aliphatic carbocycles. The molecule has 0 atom stereocenters. The van der Waals surface area contributed by atoms with Gasteiger partial charge in [-0.15, -0.1) is 0 Å². The molecule has 0 saturated heterocycles. The summed E-state index contributed by atoms with van der Waals surface area (Å²) in [7, 11) is 0. The van der Waals surface area contributed by atoms with Gasteiger partial charge in [-0.1, -0.05) is 33.6 Å². The minimum absolute atomic E-state index is 0.158. The summed E-state index contributed by atoms with van der Waals surface area (Å²) in [5.74, 6) is -2.91. The highest BCUT2D eigenvalue weighted by Crippen LogP contribution is 2.28. The number of fused-ring (bicyclic) bond motifs is 1. The molecule has 3 nitrogen and oxygen atoms in total. The van der Waals surface area contributed by atoms with Crippen molar-refractivity contribution < 1.29 is 13.6 Å². The van der Waals surface area contributed by atoms with Crippen LogP contribution in [0.5, 0.6) is 0 Å². The van der Waals surface area contributed by atoms with Crippen LogP contribution in [0.1, 0.15) is 10.4 Å². The SMILES string of the molecule is O=C(Nc1cc(Br)cc2cccnc12)c1cc(F)c(F)cc1Cl. The van der Waals surface area contributed by atoms with Gasteiger partial charge in [0, 0.05) is 16.1 Å². The number of pyridine rings is 1. The Kier molecular flexibility index (Phi) is 4.28. The summed E-state index contributed by atoms with van der Waals surface area (Å²) in [6.45, 7) is 0. The van der Waals surface area contributed by atoms with E-state index < -0.39 is 17.5 Å². The lowest BCUT2D eigenvalue weighted by Crippen LogP contribution is -2.14. The number of hydrogen-bond donors (Lipinski definition) is 1. The Morgan fingerprint density at radius 1 is 1.17 bits per heavy atom. The highest BCUT2D eigenvalue weighted by Gasteiger charge is 2.16. The zero-order chi connectivity index (χ0) is 16.6. The van der Waals surface area contributed by atoms with Gasteiger partial charge in [0.2, 0.25) is 0 Å². The molecule has 1 N–H and O–H groups in total. The van der Waals surface area contributed by atoms with E-state index in [-0.39, 0.29) is 10.6 Å². The van der Waals surface area contributed by atoms with Gasteiger partial charge < -0.3 is 5.32 Å². The first-order valence-electron chi connectivity index (χ1n) is 6.46. The number of amides is 1. The first-order valence-corrected chi connectivity index (χ1v) is 7.63. The van der Waals surface area contributed by atoms with Gasteiger partial charge >= 0.3 is 0 Å². The summed E-state index contributed by atoms with van der Waals surface area (Å²) in [6, 6.07) is 8.66. The summed E-state index contributed by atoms with van der Waals surface area (Å²) >= 11 is 9.17. The average Bonchev–Trinajstić information content (AvgIpc) is 2.50. The smallest absolute Gasteiger partial charge is 0.257 e. The zero-order valence-electron chi connectivity index (χ0n) is 11.4. The van der Waals surface area contributed by atoms with Gasteiger partial charge in [-0.2, -0.15) is 0 Å². The van der Waals surface area contributed by atoms with E-state index in [9.17, 15) is 13.6 Å². The first kappa shape index (κ1) is 15.8. The van der Waals surface area contributed by atoms with Crippen LogP contribution >= 0.6 is 27.5 Å². The quantitative estimate of drug-likeness (QED) is 0.605. The first-order chi connectivity index (χ1) is 11.0. The van der Waals surface area contributed by atoms with E-state index in [1.165, 1.54) is 0 Å². The minimum atomic E-state index is -1.14. The topological polar surface area (TPSA) is 42.0 Å². The molecule has 0 spiro atoms. The number of aromatic nitrogens is 1. The van der Waals surface area contributed by atoms with Crippen molar-refractivity contribution in [1.82, 2.24) is 4.98 Å². The minimum Gasteiger partial charge on any atom is -0.320 e. The molecule has 23 heavy (non-hydrogen) atoms. The molecular weight excluding hydrogens is 390 g/mol. The fraction of sp³-hybridized carbons (Fsp3) is 0. The van der Waals surface area contributed by atoms with Crippen LogP contribution in [0.25, 0.3) is 10.9 Å². The third kappa shape index (κ3) is 3.18. The maximum Gasteiger partial charge on any atom is 0.257 e. The average molecular weight is 398 g/mol. The van der Waals surface area contributed by atoms with Crippen LogP contribution in [0.15, 0.2) is 47.1 Å². The summed E-state index contributed by atoms with van der Waals surface area (Å²) in [5, 5.41) is 3.27. The third-order valence-corrected chi connectivity index (χ3v) is 3.94. The van der Waals surface area contributed by atoms with Crippen LogP contribution in [-0.4, -0.2) is 10.9 Å². The summed E-state index contributed by atoms with van der Waals surface area (Å²) in [6.07, 6.45) is 1.59. The van der Waals surface area contributed by atoms with Crippen LogP contribution in [0, 0.1) is 11.6 Å². The van der Waals surface area contributed by atoms with Gasteiger partial charge in [-0.25, -0.2) is 8.78 Å². The largest absolute Gasteiger partial charge is 0.320 e. The molecule has 3 rings (SSSR count). The predicted molar refractivity (Wildman–Crippen MR) is 88.8 cm³/mol. The standard InChI is InChI=1S/C16H8BrClF2N2O/c17-9-4-8-2-1-3-21-15(8)14(5-9)22-16(23)10-6-12(19)13(20)7-11(10)18/h1-7H,(H,22,23). The molecular formula is C16H8BrClF2N2O. The molecule has 7 heteroatoms. The maximum absolute atomic E-state index is 13.3. The number of rotatable bonds is 2. The molecule has 0 fully saturated rings. The van der Waals surface area contributed by atoms with Crippen LogP contribution in [-0.2, 0) is 0 Å². The molecule has 0 bridgehead atoms. The van der Waals surface area contributed by atoms with Crippen LogP contribution in [0.3, 0.4) is 0 Å². The van der Waals surface area contributed by atoms with Gasteiger partial charge in [-0.3, -0.25) is 9.78 Å². The van der Waals surface area contributed by atoms with E-state index in [2.05, 4.69) is 26.2 Å². The molecule has 1 heterocycles. The van der Waals surface area contributed by atoms with Crippen LogP contribution in [0.4, 0.5) is 14.5 Å². The second kappa shape index (κ2) is 6.22. The van der Waals surface area contributed by atoms with Gasteiger partial charge in [-0.05, 0) is 30.3 Å². The number of carbonyl (C=O) groups is 1. The molecule has 0 unspecified atom stereocenters. The van der Waals surface area contributed by atoms with Crippen molar-refractivity contribution in [3.05, 3.63) is 69.3 Å². The summed E-state index contributed by atoms with van der Waals surface area (Å²) in [5.41, 5.74) is 0.846. The second-order valence-corrected chi connectivity index (χ2v) is 6.05. The highest BCUT2D eigenvalue weighted by molar-refractivity contribution is 9.10. The zero-order valence-corrected chi connectivity index (χ0v) is 13.8. The lowest BCUT2D eigenvalue weighted by atomic mass is 10.1. The van der Waals surface area contributed by atoms with Crippen molar-refractivity contribution in [3.63, 3.8) is 0 Å². The highest BCUT2D eigenvalue weighted by atomic mass is 79.9. The van der Waals surface area contributed by atoms with Crippen molar-refractivity contribution in [2.45, 2.75) is 0 Å². The van der Waals surface area contributed by atoms with Crippen molar-refractivity contribution >= 4 is 50.0 Å². The number of halogens is 4. The molecule has 116 valence electrons. The normalized spacial score (nSPS) is 10.8. The van der Waals surface area contributed by atoms with Gasteiger partial charge in [0.25, 0.3) is 5.91 Å². The molecule has 0 radical (unpaired) electrons. The Bertz CT molecular complexity index is 933. The number of anilines is 1. The molecule has 2 aromatic carbocycles. The van der Waals surface area contributed by atoms with E-state index in [4.69, 9.17) is 11.6 Å². The van der Waals surface area contributed by atoms with E-state index in [0.29, 0.717) is 11.2 Å². The molecule has 1 aromatic heterocycles. The Labute approximate surface area is 143 Å². The molecule has 0 aliphatic heterocycles. The maximum atomic E-state index is 13.3. The number of hydrogen-bond acceptors (Lipinski definition) is 2. The third-order valence-electron chi connectivity index (χ3n) is 3.17. The Balaban J connectivity index is 2.03. The molecule has 1 amide bonds. The van der Waals surface area contributed by atoms with Gasteiger partial charge in [0.1, 0.15) is 0 Å². The van der Waals surface area contributed by atoms with Crippen LogP contribution in [0.2, 0.25) is 5.02 Å². The predicted octanol–water partition coefficient (Wildman–Crippen LogP) is 5.18. The number of carbonyl (C=O) groups excluding carboxylic acids is 1. The van der Waals surface area contributed by atoms with E-state index in [1.807, 2.05) is 12.1 Å². The van der Waals surface area contributed by atoms with Crippen molar-refractivity contribution in [2.24, 2.45) is 0 Å². The Morgan fingerprint density at radius 2 is 1.91 bits per heavy atom. The monoisotopic (exact) mass is 396 g/mol. The number of nitrogens with one attached hydrogen (secondary N) is 1. The molecule has 3 aromatic rings. The lowest BCUT2D eigenvalue weighted by Gasteiger charge is -2.10. The fourth-order valence-electron chi connectivity index (χ4n) is 2.14. The van der Waals surface area contributed by atoms with Crippen molar-refractivity contribution in [3.8, 4) is 0 Å². The fourth-order valence-corrected chi connectivity index (χ4v) is 2.85. The van der Waals surface area contributed by atoms with Gasteiger partial charge in [0.05, 0.1) is 21.8 Å². The summed E-state index contributed by atoms with van der Waals surface area (Å²) < 4.78 is 27.2. The van der Waals surface area contributed by atoms with Gasteiger partial charge in [0.15, 0.2) is 11.6 Å². The van der Waals surface area contributed by atoms with Crippen molar-refractivity contribution in [2.75, 3.05) is 5.32 Å². The Morgan fingerprint density at radius 3 is 2.70 bits per heavy atom. The second-order valence-electron chi connectivity index (χ2n) is 4.73. The lowest BCUT2D eigenvalue weighted by molar-refractivity contribution is 0.102. The van der Waals surface area contributed by atoms with Crippen LogP contribution < -0.4 is 5.32 Å². The molecule has 0 saturated carbocycles. The summed E-state index contributed by atoms with van der Waals surface area (Å²) in [4.78, 5) is 16.5. The number of nitrogens with zero attached hydrogens (tertiary/aromatic N) is 1. The van der Waals surface area contributed by atoms with Crippen molar-refractivity contribution in [1.29, 1.82) is 0 Å². The Hall–Kier alpha value is -2.05. The van der Waals surface area contributed by atoms with E-state index in [1.54, 1.807) is 18.3 Å². The number of benzene rings is 2. The van der Waals surface area contributed by atoms with E-state index in [0.717, 1.165) is 22.0 Å².